The molecular weight excluding hydrogens is 558 g/mol. The van der Waals surface area contributed by atoms with Gasteiger partial charge in [0, 0.05) is 36.8 Å². The number of likely N-dealkylation sites (tertiary alicyclic amines) is 1. The van der Waals surface area contributed by atoms with Gasteiger partial charge in [0.1, 0.15) is 5.82 Å². The van der Waals surface area contributed by atoms with Crippen molar-refractivity contribution < 1.29 is 14.0 Å². The molecule has 0 aliphatic carbocycles. The molecule has 1 aliphatic heterocycles. The van der Waals surface area contributed by atoms with Crippen molar-refractivity contribution >= 4 is 41.1 Å². The highest BCUT2D eigenvalue weighted by molar-refractivity contribution is 6.36. The summed E-state index contributed by atoms with van der Waals surface area (Å²) >= 11 is 12.6. The van der Waals surface area contributed by atoms with Crippen LogP contribution >= 0.6 is 23.2 Å². The summed E-state index contributed by atoms with van der Waals surface area (Å²) < 4.78 is 13.3. The largest absolute Gasteiger partial charge is 0.339 e. The van der Waals surface area contributed by atoms with Gasteiger partial charge in [0.15, 0.2) is 0 Å². The first-order chi connectivity index (χ1) is 19.8. The summed E-state index contributed by atoms with van der Waals surface area (Å²) in [7, 11) is 0. The second-order valence-electron chi connectivity index (χ2n) is 10.7. The molecule has 0 aromatic heterocycles. The van der Waals surface area contributed by atoms with Crippen molar-refractivity contribution in [1.29, 1.82) is 0 Å². The van der Waals surface area contributed by atoms with Gasteiger partial charge in [-0.25, -0.2) is 4.39 Å². The fourth-order valence-corrected chi connectivity index (χ4v) is 5.78. The van der Waals surface area contributed by atoms with E-state index in [0.29, 0.717) is 47.4 Å². The topological polar surface area (TPSA) is 40.6 Å². The van der Waals surface area contributed by atoms with Crippen LogP contribution in [0.5, 0.6) is 0 Å². The van der Waals surface area contributed by atoms with E-state index < -0.39 is 0 Å². The van der Waals surface area contributed by atoms with E-state index in [2.05, 4.69) is 25.1 Å². The predicted octanol–water partition coefficient (Wildman–Crippen LogP) is 8.79. The van der Waals surface area contributed by atoms with Crippen molar-refractivity contribution in [3.8, 4) is 0 Å². The Kier molecular flexibility index (Phi) is 11.4. The molecule has 0 radical (unpaired) electrons. The maximum atomic E-state index is 13.9. The number of halogens is 3. The van der Waals surface area contributed by atoms with Crippen molar-refractivity contribution in [2.45, 2.75) is 45.4 Å². The zero-order valence-electron chi connectivity index (χ0n) is 23.5. The quantitative estimate of drug-likeness (QED) is 0.208. The van der Waals surface area contributed by atoms with E-state index in [4.69, 9.17) is 23.2 Å². The van der Waals surface area contributed by atoms with E-state index in [-0.39, 0.29) is 23.5 Å². The SMILES string of the molecule is CCCCC/C(=C\c1ccccc1)CN(CC1CCN(C(=O)c2ccc(F)cc2)CC1)C(=O)c1ccc(Cl)cc1Cl. The van der Waals surface area contributed by atoms with Crippen molar-refractivity contribution in [3.05, 3.63) is 111 Å². The van der Waals surface area contributed by atoms with E-state index >= 15 is 0 Å². The molecule has 1 heterocycles. The van der Waals surface area contributed by atoms with Crippen LogP contribution in [0.25, 0.3) is 6.08 Å². The first kappa shape index (κ1) is 30.8. The van der Waals surface area contributed by atoms with E-state index in [1.165, 1.54) is 29.8 Å². The molecule has 0 bridgehead atoms. The monoisotopic (exact) mass is 594 g/mol. The maximum Gasteiger partial charge on any atom is 0.255 e. The summed E-state index contributed by atoms with van der Waals surface area (Å²) in [6, 6.07) is 20.9. The maximum absolute atomic E-state index is 13.9. The number of hydrogen-bond acceptors (Lipinski definition) is 2. The highest BCUT2D eigenvalue weighted by Gasteiger charge is 2.28. The Labute approximate surface area is 252 Å². The smallest absolute Gasteiger partial charge is 0.255 e. The predicted molar refractivity (Wildman–Crippen MR) is 166 cm³/mol. The Bertz CT molecular complexity index is 1340. The number of carbonyl (C=O) groups is 2. The zero-order valence-corrected chi connectivity index (χ0v) is 25.0. The molecule has 4 rings (SSSR count). The van der Waals surface area contributed by atoms with Gasteiger partial charge in [-0.15, -0.1) is 0 Å². The Morgan fingerprint density at radius 1 is 0.976 bits per heavy atom. The van der Waals surface area contributed by atoms with Gasteiger partial charge < -0.3 is 9.80 Å². The first-order valence-corrected chi connectivity index (χ1v) is 15.1. The summed E-state index contributed by atoms with van der Waals surface area (Å²) in [4.78, 5) is 30.6. The van der Waals surface area contributed by atoms with Crippen molar-refractivity contribution in [3.63, 3.8) is 0 Å². The highest BCUT2D eigenvalue weighted by atomic mass is 35.5. The molecule has 0 N–H and O–H groups in total. The lowest BCUT2D eigenvalue weighted by molar-refractivity contribution is 0.0618. The van der Waals surface area contributed by atoms with Crippen LogP contribution in [0.2, 0.25) is 10.0 Å². The summed E-state index contributed by atoms with van der Waals surface area (Å²) in [6.07, 6.45) is 7.97. The van der Waals surface area contributed by atoms with Gasteiger partial charge in [0.2, 0.25) is 0 Å². The molecule has 0 saturated carbocycles. The van der Waals surface area contributed by atoms with Crippen LogP contribution in [0.4, 0.5) is 4.39 Å². The van der Waals surface area contributed by atoms with Gasteiger partial charge in [-0.05, 0) is 79.6 Å². The molecule has 216 valence electrons. The lowest BCUT2D eigenvalue weighted by atomic mass is 9.94. The minimum absolute atomic E-state index is 0.0895. The number of rotatable bonds is 11. The fraction of sp³-hybridized carbons (Fsp3) is 0.353. The summed E-state index contributed by atoms with van der Waals surface area (Å²) in [5.74, 6) is -0.337. The van der Waals surface area contributed by atoms with Gasteiger partial charge in [0.25, 0.3) is 11.8 Å². The third-order valence-corrected chi connectivity index (χ3v) is 8.13. The molecule has 2 amide bonds. The van der Waals surface area contributed by atoms with E-state index in [0.717, 1.165) is 44.1 Å². The Morgan fingerprint density at radius 2 is 1.68 bits per heavy atom. The van der Waals surface area contributed by atoms with Crippen LogP contribution in [0.3, 0.4) is 0 Å². The molecular formula is C34H37Cl2FN2O2. The van der Waals surface area contributed by atoms with Crippen molar-refractivity contribution in [1.82, 2.24) is 9.80 Å². The van der Waals surface area contributed by atoms with Gasteiger partial charge in [-0.1, -0.05) is 84.9 Å². The molecule has 1 aliphatic rings. The molecule has 0 atom stereocenters. The van der Waals surface area contributed by atoms with Crippen molar-refractivity contribution in [2.75, 3.05) is 26.2 Å². The minimum atomic E-state index is -0.360. The number of amides is 2. The number of carbonyl (C=O) groups excluding carboxylic acids is 2. The Balaban J connectivity index is 1.52. The fourth-order valence-electron chi connectivity index (χ4n) is 5.29. The van der Waals surface area contributed by atoms with Crippen LogP contribution in [0.1, 0.15) is 71.7 Å². The van der Waals surface area contributed by atoms with Gasteiger partial charge in [-0.2, -0.15) is 0 Å². The average Bonchev–Trinajstić information content (AvgIpc) is 2.97. The van der Waals surface area contributed by atoms with E-state index in [1.54, 1.807) is 18.2 Å². The third kappa shape index (κ3) is 8.92. The lowest BCUT2D eigenvalue weighted by Crippen LogP contribution is -2.43. The van der Waals surface area contributed by atoms with Crippen LogP contribution in [-0.4, -0.2) is 47.8 Å². The zero-order chi connectivity index (χ0) is 29.2. The molecule has 7 heteroatoms. The molecule has 3 aromatic rings. The normalized spacial score (nSPS) is 14.2. The lowest BCUT2D eigenvalue weighted by Gasteiger charge is -2.35. The first-order valence-electron chi connectivity index (χ1n) is 14.4. The second kappa shape index (κ2) is 15.2. The van der Waals surface area contributed by atoms with E-state index in [1.807, 2.05) is 28.0 Å². The third-order valence-electron chi connectivity index (χ3n) is 7.59. The van der Waals surface area contributed by atoms with Gasteiger partial charge >= 0.3 is 0 Å². The number of unbranched alkanes of at least 4 members (excludes halogenated alkanes) is 2. The molecule has 4 nitrogen and oxygen atoms in total. The van der Waals surface area contributed by atoms with Crippen LogP contribution < -0.4 is 0 Å². The Hall–Kier alpha value is -3.15. The summed E-state index contributed by atoms with van der Waals surface area (Å²) in [5.41, 5.74) is 3.24. The van der Waals surface area contributed by atoms with Crippen LogP contribution in [0, 0.1) is 11.7 Å². The standard InChI is InChI=1S/C34H37Cl2FN2O2/c1-2-3-5-10-27(21-25-8-6-4-7-9-25)24-39(34(41)31-16-13-29(35)22-32(31)36)23-26-17-19-38(20-18-26)33(40)28-11-14-30(37)15-12-28/h4,6-9,11-16,21-22,26H,2-3,5,10,17-20,23-24H2,1H3/b27-21+. The van der Waals surface area contributed by atoms with Crippen molar-refractivity contribution in [2.24, 2.45) is 5.92 Å². The molecule has 1 saturated heterocycles. The molecule has 0 spiro atoms. The van der Waals surface area contributed by atoms with Crippen LogP contribution in [0.15, 0.2) is 78.4 Å². The molecule has 1 fully saturated rings. The number of benzene rings is 3. The van der Waals surface area contributed by atoms with Gasteiger partial charge in [-0.3, -0.25) is 9.59 Å². The van der Waals surface area contributed by atoms with Gasteiger partial charge in [0.05, 0.1) is 10.6 Å². The number of nitrogens with zero attached hydrogens (tertiary/aromatic N) is 2. The van der Waals surface area contributed by atoms with E-state index in [9.17, 15) is 14.0 Å². The number of hydrogen-bond donors (Lipinski definition) is 0. The average molecular weight is 596 g/mol. The summed E-state index contributed by atoms with van der Waals surface area (Å²) in [5, 5.41) is 0.826. The second-order valence-corrected chi connectivity index (χ2v) is 11.6. The summed E-state index contributed by atoms with van der Waals surface area (Å²) in [6.45, 7) is 4.44. The Morgan fingerprint density at radius 3 is 2.34 bits per heavy atom. The molecule has 3 aromatic carbocycles. The molecule has 41 heavy (non-hydrogen) atoms. The molecule has 0 unspecified atom stereocenters. The van der Waals surface area contributed by atoms with Crippen LogP contribution in [-0.2, 0) is 0 Å². The highest BCUT2D eigenvalue weighted by Crippen LogP contribution is 2.27. The number of piperidine rings is 1. The minimum Gasteiger partial charge on any atom is -0.339 e.